The van der Waals surface area contributed by atoms with Crippen molar-refractivity contribution in [3.8, 4) is 5.75 Å². The first kappa shape index (κ1) is 17.9. The molecule has 5 nitrogen and oxygen atoms in total. The molecule has 1 rings (SSSR count). The summed E-state index contributed by atoms with van der Waals surface area (Å²) in [4.78, 5) is 0.280. The van der Waals surface area contributed by atoms with E-state index < -0.39 is 10.0 Å². The van der Waals surface area contributed by atoms with E-state index >= 15 is 0 Å². The molecule has 0 saturated carbocycles. The lowest BCUT2D eigenvalue weighted by Gasteiger charge is -2.18. The second-order valence-corrected chi connectivity index (χ2v) is 7.96. The first-order valence-corrected chi connectivity index (χ1v) is 8.54. The van der Waals surface area contributed by atoms with E-state index in [1.807, 2.05) is 0 Å². The Hall–Kier alpha value is -1.11. The molecule has 0 aliphatic rings. The Kier molecular flexibility index (Phi) is 6.19. The SMILES string of the molecule is COc1ccc(S(=O)(=O)NCCC(C)(C)C)c(CCN)c1. The van der Waals surface area contributed by atoms with E-state index in [9.17, 15) is 8.42 Å². The number of nitrogens with one attached hydrogen (secondary N) is 1. The molecule has 0 spiro atoms. The summed E-state index contributed by atoms with van der Waals surface area (Å²) in [6.45, 7) is 7.04. The van der Waals surface area contributed by atoms with E-state index in [2.05, 4.69) is 25.5 Å². The Morgan fingerprint density at radius 2 is 1.95 bits per heavy atom. The van der Waals surface area contributed by atoms with Gasteiger partial charge in [0.25, 0.3) is 0 Å². The van der Waals surface area contributed by atoms with Crippen LogP contribution in [-0.4, -0.2) is 28.6 Å². The van der Waals surface area contributed by atoms with Crippen molar-refractivity contribution >= 4 is 10.0 Å². The third kappa shape index (κ3) is 5.65. The van der Waals surface area contributed by atoms with Gasteiger partial charge in [0.2, 0.25) is 10.0 Å². The van der Waals surface area contributed by atoms with Crippen molar-refractivity contribution in [3.63, 3.8) is 0 Å². The molecule has 0 bridgehead atoms. The van der Waals surface area contributed by atoms with Gasteiger partial charge in [0.15, 0.2) is 0 Å². The van der Waals surface area contributed by atoms with Gasteiger partial charge in [-0.1, -0.05) is 20.8 Å². The summed E-state index contributed by atoms with van der Waals surface area (Å²) in [5, 5.41) is 0. The van der Waals surface area contributed by atoms with Crippen molar-refractivity contribution in [1.29, 1.82) is 0 Å². The minimum absolute atomic E-state index is 0.0858. The van der Waals surface area contributed by atoms with Crippen LogP contribution in [0.4, 0.5) is 0 Å². The van der Waals surface area contributed by atoms with Crippen LogP contribution in [0.5, 0.6) is 5.75 Å². The highest BCUT2D eigenvalue weighted by Gasteiger charge is 2.19. The molecule has 1 aromatic carbocycles. The van der Waals surface area contributed by atoms with Crippen molar-refractivity contribution in [2.75, 3.05) is 20.2 Å². The molecule has 6 heteroatoms. The fourth-order valence-corrected chi connectivity index (χ4v) is 3.21. The molecule has 120 valence electrons. The van der Waals surface area contributed by atoms with E-state index in [1.54, 1.807) is 25.3 Å². The minimum Gasteiger partial charge on any atom is -0.497 e. The zero-order chi connectivity index (χ0) is 16.1. The summed E-state index contributed by atoms with van der Waals surface area (Å²) in [6.07, 6.45) is 1.27. The Labute approximate surface area is 127 Å². The highest BCUT2D eigenvalue weighted by molar-refractivity contribution is 7.89. The first-order chi connectivity index (χ1) is 9.69. The van der Waals surface area contributed by atoms with Gasteiger partial charge in [0.1, 0.15) is 5.75 Å². The van der Waals surface area contributed by atoms with Crippen LogP contribution < -0.4 is 15.2 Å². The van der Waals surface area contributed by atoms with Gasteiger partial charge in [-0.2, -0.15) is 0 Å². The molecule has 0 aliphatic heterocycles. The normalized spacial score (nSPS) is 12.4. The van der Waals surface area contributed by atoms with E-state index in [1.165, 1.54) is 0 Å². The van der Waals surface area contributed by atoms with Crippen LogP contribution in [-0.2, 0) is 16.4 Å². The fraction of sp³-hybridized carbons (Fsp3) is 0.600. The maximum absolute atomic E-state index is 12.4. The second-order valence-electron chi connectivity index (χ2n) is 6.22. The summed E-state index contributed by atoms with van der Waals surface area (Å²) in [5.41, 5.74) is 6.33. The van der Waals surface area contributed by atoms with Crippen LogP contribution in [0, 0.1) is 5.41 Å². The molecular weight excluding hydrogens is 288 g/mol. The number of rotatable bonds is 7. The number of methoxy groups -OCH3 is 1. The molecule has 0 aliphatic carbocycles. The summed E-state index contributed by atoms with van der Waals surface area (Å²) < 4.78 is 32.6. The van der Waals surface area contributed by atoms with Gasteiger partial charge < -0.3 is 10.5 Å². The topological polar surface area (TPSA) is 81.4 Å². The van der Waals surface area contributed by atoms with Crippen LogP contribution in [0.15, 0.2) is 23.1 Å². The fourth-order valence-electron chi connectivity index (χ4n) is 1.93. The number of sulfonamides is 1. The van der Waals surface area contributed by atoms with Crippen molar-refractivity contribution in [2.45, 2.75) is 38.5 Å². The molecule has 0 fully saturated rings. The lowest BCUT2D eigenvalue weighted by atomic mass is 9.93. The lowest BCUT2D eigenvalue weighted by Crippen LogP contribution is -2.28. The second kappa shape index (κ2) is 7.24. The molecule has 1 aromatic rings. The van der Waals surface area contributed by atoms with E-state index in [-0.39, 0.29) is 10.3 Å². The molecule has 0 heterocycles. The predicted molar refractivity (Wildman–Crippen MR) is 85.0 cm³/mol. The van der Waals surface area contributed by atoms with Gasteiger partial charge in [-0.25, -0.2) is 13.1 Å². The average Bonchev–Trinajstić information content (AvgIpc) is 2.37. The molecule has 0 aromatic heterocycles. The molecule has 0 saturated heterocycles. The maximum atomic E-state index is 12.4. The van der Waals surface area contributed by atoms with Crippen molar-refractivity contribution in [1.82, 2.24) is 4.72 Å². The van der Waals surface area contributed by atoms with E-state index in [4.69, 9.17) is 10.5 Å². The quantitative estimate of drug-likeness (QED) is 0.805. The first-order valence-electron chi connectivity index (χ1n) is 7.06. The number of hydrogen-bond acceptors (Lipinski definition) is 4. The van der Waals surface area contributed by atoms with Crippen LogP contribution >= 0.6 is 0 Å². The van der Waals surface area contributed by atoms with Crippen LogP contribution in [0.25, 0.3) is 0 Å². The Bertz CT molecular complexity index is 563. The zero-order valence-electron chi connectivity index (χ0n) is 13.3. The number of hydrogen-bond donors (Lipinski definition) is 2. The largest absolute Gasteiger partial charge is 0.497 e. The highest BCUT2D eigenvalue weighted by atomic mass is 32.2. The van der Waals surface area contributed by atoms with Gasteiger partial charge in [-0.15, -0.1) is 0 Å². The number of nitrogens with two attached hydrogens (primary N) is 1. The summed E-state index contributed by atoms with van der Waals surface area (Å²) in [6, 6.07) is 4.95. The summed E-state index contributed by atoms with van der Waals surface area (Å²) in [7, 11) is -1.97. The number of benzene rings is 1. The Morgan fingerprint density at radius 3 is 2.48 bits per heavy atom. The predicted octanol–water partition coefficient (Wildman–Crippen LogP) is 1.91. The zero-order valence-corrected chi connectivity index (χ0v) is 14.1. The van der Waals surface area contributed by atoms with Gasteiger partial charge in [-0.3, -0.25) is 0 Å². The molecule has 0 radical (unpaired) electrons. The van der Waals surface area contributed by atoms with Gasteiger partial charge in [-0.05, 0) is 48.6 Å². The third-order valence-electron chi connectivity index (χ3n) is 3.14. The molecule has 0 amide bonds. The lowest BCUT2D eigenvalue weighted by molar-refractivity contribution is 0.378. The van der Waals surface area contributed by atoms with Crippen molar-refractivity contribution in [2.24, 2.45) is 11.1 Å². The van der Waals surface area contributed by atoms with Gasteiger partial charge in [0, 0.05) is 6.54 Å². The third-order valence-corrected chi connectivity index (χ3v) is 4.70. The smallest absolute Gasteiger partial charge is 0.240 e. The standard InChI is InChI=1S/C15H26N2O3S/c1-15(2,3)8-10-17-21(18,19)14-6-5-13(20-4)11-12(14)7-9-16/h5-6,11,17H,7-10,16H2,1-4H3. The van der Waals surface area contributed by atoms with E-state index in [0.29, 0.717) is 30.8 Å². The molecule has 3 N–H and O–H groups in total. The molecule has 0 unspecified atom stereocenters. The highest BCUT2D eigenvalue weighted by Crippen LogP contribution is 2.23. The van der Waals surface area contributed by atoms with Crippen molar-refractivity contribution in [3.05, 3.63) is 23.8 Å². The molecule has 21 heavy (non-hydrogen) atoms. The van der Waals surface area contributed by atoms with Crippen molar-refractivity contribution < 1.29 is 13.2 Å². The maximum Gasteiger partial charge on any atom is 0.240 e. The Balaban J connectivity index is 2.96. The molecular formula is C15H26N2O3S. The number of ether oxygens (including phenoxy) is 1. The van der Waals surface area contributed by atoms with Crippen LogP contribution in [0.3, 0.4) is 0 Å². The summed E-state index contributed by atoms with van der Waals surface area (Å²) in [5.74, 6) is 0.632. The van der Waals surface area contributed by atoms with Gasteiger partial charge in [0.05, 0.1) is 12.0 Å². The van der Waals surface area contributed by atoms with Gasteiger partial charge >= 0.3 is 0 Å². The minimum atomic E-state index is -3.52. The van der Waals surface area contributed by atoms with E-state index in [0.717, 1.165) is 6.42 Å². The van der Waals surface area contributed by atoms with Crippen LogP contribution in [0.2, 0.25) is 0 Å². The molecule has 0 atom stereocenters. The van der Waals surface area contributed by atoms with Crippen LogP contribution in [0.1, 0.15) is 32.8 Å². The monoisotopic (exact) mass is 314 g/mol. The average molecular weight is 314 g/mol. The summed E-state index contributed by atoms with van der Waals surface area (Å²) >= 11 is 0. The Morgan fingerprint density at radius 1 is 1.29 bits per heavy atom.